The summed E-state index contributed by atoms with van der Waals surface area (Å²) in [7, 11) is 0. The molecule has 1 aromatic carbocycles. The molecule has 26 heavy (non-hydrogen) atoms. The van der Waals surface area contributed by atoms with E-state index in [9.17, 15) is 5.11 Å². The van der Waals surface area contributed by atoms with Crippen LogP contribution in [-0.2, 0) is 11.3 Å². The van der Waals surface area contributed by atoms with Crippen LogP contribution in [0.5, 0.6) is 11.5 Å². The molecule has 2 aliphatic heterocycles. The van der Waals surface area contributed by atoms with E-state index in [0.29, 0.717) is 39.0 Å². The van der Waals surface area contributed by atoms with Crippen LogP contribution in [0.1, 0.15) is 30.2 Å². The Morgan fingerprint density at radius 3 is 2.92 bits per heavy atom. The molecule has 1 N–H and O–H groups in total. The lowest BCUT2D eigenvalue weighted by Gasteiger charge is -2.28. The number of aliphatic hydroxyl groups excluding tert-OH is 1. The summed E-state index contributed by atoms with van der Waals surface area (Å²) < 4.78 is 22.1. The zero-order valence-corrected chi connectivity index (χ0v) is 14.8. The maximum absolute atomic E-state index is 10.4. The molecule has 0 bridgehead atoms. The molecular formula is C20H25NO5. The molecule has 3 heterocycles. The molecule has 1 saturated heterocycles. The molecule has 6 nitrogen and oxygen atoms in total. The molecule has 2 atom stereocenters. The van der Waals surface area contributed by atoms with Crippen molar-refractivity contribution in [2.75, 3.05) is 32.9 Å². The maximum atomic E-state index is 10.4. The van der Waals surface area contributed by atoms with Crippen LogP contribution in [0, 0.1) is 0 Å². The first-order chi connectivity index (χ1) is 12.8. The zero-order valence-electron chi connectivity index (χ0n) is 14.8. The van der Waals surface area contributed by atoms with Crippen LogP contribution in [0.4, 0.5) is 0 Å². The Kier molecular flexibility index (Phi) is 5.43. The molecule has 0 spiro atoms. The second kappa shape index (κ2) is 8.12. The molecule has 0 unspecified atom stereocenters. The fourth-order valence-corrected chi connectivity index (χ4v) is 3.70. The Morgan fingerprint density at radius 1 is 1.19 bits per heavy atom. The van der Waals surface area contributed by atoms with Gasteiger partial charge in [0, 0.05) is 12.6 Å². The minimum absolute atomic E-state index is 0.297. The summed E-state index contributed by atoms with van der Waals surface area (Å²) in [6, 6.07) is 10.2. The van der Waals surface area contributed by atoms with E-state index in [2.05, 4.69) is 17.0 Å². The molecule has 4 rings (SSSR count). The van der Waals surface area contributed by atoms with Crippen LogP contribution in [0.25, 0.3) is 0 Å². The monoisotopic (exact) mass is 359 g/mol. The van der Waals surface area contributed by atoms with Crippen molar-refractivity contribution in [3.8, 4) is 11.5 Å². The van der Waals surface area contributed by atoms with Gasteiger partial charge in [0.25, 0.3) is 0 Å². The third-order valence-electron chi connectivity index (χ3n) is 4.89. The molecule has 2 aliphatic rings. The van der Waals surface area contributed by atoms with Gasteiger partial charge in [-0.15, -0.1) is 0 Å². The molecule has 0 aliphatic carbocycles. The van der Waals surface area contributed by atoms with Crippen molar-refractivity contribution in [3.05, 3.63) is 47.9 Å². The topological polar surface area (TPSA) is 64.3 Å². The fourth-order valence-electron chi connectivity index (χ4n) is 3.70. The van der Waals surface area contributed by atoms with E-state index in [1.165, 1.54) is 5.56 Å². The smallest absolute Gasteiger partial charge is 0.161 e. The number of ether oxygens (including phenoxy) is 3. The van der Waals surface area contributed by atoms with E-state index in [4.69, 9.17) is 18.6 Å². The van der Waals surface area contributed by atoms with Gasteiger partial charge in [-0.2, -0.15) is 0 Å². The summed E-state index contributed by atoms with van der Waals surface area (Å²) >= 11 is 0. The van der Waals surface area contributed by atoms with Gasteiger partial charge in [-0.1, -0.05) is 6.07 Å². The van der Waals surface area contributed by atoms with Crippen LogP contribution in [0.15, 0.2) is 41.0 Å². The number of rotatable bonds is 7. The van der Waals surface area contributed by atoms with E-state index in [1.807, 2.05) is 18.2 Å². The summed E-state index contributed by atoms with van der Waals surface area (Å²) in [6.07, 6.45) is 3.30. The van der Waals surface area contributed by atoms with Gasteiger partial charge in [-0.3, -0.25) is 4.90 Å². The molecule has 140 valence electrons. The number of nitrogens with zero attached hydrogens (tertiary/aromatic N) is 1. The molecule has 0 radical (unpaired) electrons. The lowest BCUT2D eigenvalue weighted by Crippen LogP contribution is -2.34. The van der Waals surface area contributed by atoms with Crippen molar-refractivity contribution in [3.63, 3.8) is 0 Å². The highest BCUT2D eigenvalue weighted by Crippen LogP contribution is 2.38. The Hall–Kier alpha value is -2.02. The minimum Gasteiger partial charge on any atom is -0.486 e. The minimum atomic E-state index is -0.525. The van der Waals surface area contributed by atoms with Crippen LogP contribution in [0.2, 0.25) is 0 Å². The van der Waals surface area contributed by atoms with Gasteiger partial charge >= 0.3 is 0 Å². The average Bonchev–Trinajstić information content (AvgIpc) is 3.33. The van der Waals surface area contributed by atoms with Crippen molar-refractivity contribution in [2.24, 2.45) is 0 Å². The molecule has 1 aromatic heterocycles. The average molecular weight is 359 g/mol. The summed E-state index contributed by atoms with van der Waals surface area (Å²) in [5.41, 5.74) is 1.22. The largest absolute Gasteiger partial charge is 0.486 e. The van der Waals surface area contributed by atoms with Crippen LogP contribution < -0.4 is 9.47 Å². The van der Waals surface area contributed by atoms with Gasteiger partial charge < -0.3 is 23.7 Å². The van der Waals surface area contributed by atoms with E-state index < -0.39 is 6.10 Å². The van der Waals surface area contributed by atoms with Gasteiger partial charge in [-0.25, -0.2) is 0 Å². The number of aliphatic hydroxyl groups is 1. The third kappa shape index (κ3) is 4.03. The van der Waals surface area contributed by atoms with Crippen LogP contribution in [0.3, 0.4) is 0 Å². The third-order valence-corrected chi connectivity index (χ3v) is 4.89. The lowest BCUT2D eigenvalue weighted by molar-refractivity contribution is 0.00306. The molecular weight excluding hydrogens is 334 g/mol. The Bertz CT molecular complexity index is 702. The highest BCUT2D eigenvalue weighted by atomic mass is 16.6. The molecule has 6 heteroatoms. The van der Waals surface area contributed by atoms with Gasteiger partial charge in [-0.05, 0) is 49.2 Å². The first kappa shape index (κ1) is 17.4. The first-order valence-electron chi connectivity index (χ1n) is 9.21. The number of hydrogen-bond donors (Lipinski definition) is 1. The number of likely N-dealkylation sites (tertiary alicyclic amines) is 1. The van der Waals surface area contributed by atoms with Crippen molar-refractivity contribution < 1.29 is 23.7 Å². The quantitative estimate of drug-likeness (QED) is 0.820. The Balaban J connectivity index is 1.32. The number of fused-ring (bicyclic) bond motifs is 1. The lowest BCUT2D eigenvalue weighted by atomic mass is 10.0. The van der Waals surface area contributed by atoms with E-state index >= 15 is 0 Å². The van der Waals surface area contributed by atoms with Crippen LogP contribution >= 0.6 is 0 Å². The first-order valence-corrected chi connectivity index (χ1v) is 9.21. The summed E-state index contributed by atoms with van der Waals surface area (Å²) in [5.74, 6) is 2.41. The van der Waals surface area contributed by atoms with Gasteiger partial charge in [0.2, 0.25) is 0 Å². The summed E-state index contributed by atoms with van der Waals surface area (Å²) in [6.45, 7) is 3.45. The number of furan rings is 1. The standard InChI is InChI=1S/C20H25NO5/c22-16(13-23-14-17-3-2-8-24-17)12-21-7-1-4-18(21)15-5-6-19-20(11-15)26-10-9-25-19/h2-3,5-6,8,11,16,18,22H,1,4,7,9-10,12-14H2/t16-,18+/m0/s1. The molecule has 1 fully saturated rings. The van der Waals surface area contributed by atoms with Crippen molar-refractivity contribution in [2.45, 2.75) is 31.6 Å². The van der Waals surface area contributed by atoms with Crippen molar-refractivity contribution in [1.82, 2.24) is 4.90 Å². The van der Waals surface area contributed by atoms with E-state index in [-0.39, 0.29) is 0 Å². The molecule has 0 amide bonds. The predicted octanol–water partition coefficient (Wildman–Crippen LogP) is 2.77. The van der Waals surface area contributed by atoms with Gasteiger partial charge in [0.1, 0.15) is 25.6 Å². The number of benzene rings is 1. The maximum Gasteiger partial charge on any atom is 0.161 e. The van der Waals surface area contributed by atoms with Gasteiger partial charge in [0.15, 0.2) is 11.5 Å². The van der Waals surface area contributed by atoms with E-state index in [0.717, 1.165) is 36.6 Å². The molecule has 0 saturated carbocycles. The fraction of sp³-hybridized carbons (Fsp3) is 0.500. The van der Waals surface area contributed by atoms with Gasteiger partial charge in [0.05, 0.1) is 19.0 Å². The highest BCUT2D eigenvalue weighted by molar-refractivity contribution is 5.44. The molecule has 2 aromatic rings. The second-order valence-corrected chi connectivity index (χ2v) is 6.80. The predicted molar refractivity (Wildman–Crippen MR) is 95.4 cm³/mol. The summed E-state index contributed by atoms with van der Waals surface area (Å²) in [5, 5.41) is 10.4. The number of β-amino-alcohol motifs (C(OH)–C–C–N with tert-alkyl or cyclic N) is 1. The SMILES string of the molecule is O[C@H](COCc1ccco1)CN1CCC[C@@H]1c1ccc2c(c1)OCCO2. The Labute approximate surface area is 153 Å². The highest BCUT2D eigenvalue weighted by Gasteiger charge is 2.28. The Morgan fingerprint density at radius 2 is 2.08 bits per heavy atom. The number of hydrogen-bond acceptors (Lipinski definition) is 6. The second-order valence-electron chi connectivity index (χ2n) is 6.80. The zero-order chi connectivity index (χ0) is 17.8. The van der Waals surface area contributed by atoms with Crippen molar-refractivity contribution >= 4 is 0 Å². The summed E-state index contributed by atoms with van der Waals surface area (Å²) in [4.78, 5) is 2.33. The van der Waals surface area contributed by atoms with Crippen molar-refractivity contribution in [1.29, 1.82) is 0 Å². The normalized spacial score (nSPS) is 21.0. The van der Waals surface area contributed by atoms with E-state index in [1.54, 1.807) is 6.26 Å². The van der Waals surface area contributed by atoms with Crippen LogP contribution in [-0.4, -0.2) is 49.0 Å².